The van der Waals surface area contributed by atoms with Gasteiger partial charge < -0.3 is 19.7 Å². The summed E-state index contributed by atoms with van der Waals surface area (Å²) < 4.78 is 23.7. The summed E-state index contributed by atoms with van der Waals surface area (Å²) in [4.78, 5) is 18.1. The fourth-order valence-electron chi connectivity index (χ4n) is 2.49. The zero-order valence-electron chi connectivity index (χ0n) is 13.2. The summed E-state index contributed by atoms with van der Waals surface area (Å²) in [5, 5.41) is 2.80. The van der Waals surface area contributed by atoms with E-state index in [0.29, 0.717) is 31.3 Å². The van der Waals surface area contributed by atoms with Gasteiger partial charge in [-0.25, -0.2) is 14.2 Å². The third-order valence-electron chi connectivity index (χ3n) is 3.79. The molecule has 2 heterocycles. The van der Waals surface area contributed by atoms with E-state index in [9.17, 15) is 9.18 Å². The topological polar surface area (TPSA) is 63.7 Å². The molecule has 1 aromatic carbocycles. The number of pyridine rings is 1. The molecule has 1 saturated heterocycles. The Morgan fingerprint density at radius 2 is 2.12 bits per heavy atom. The monoisotopic (exact) mass is 331 g/mol. The second kappa shape index (κ2) is 7.27. The highest BCUT2D eigenvalue weighted by molar-refractivity contribution is 5.89. The van der Waals surface area contributed by atoms with Gasteiger partial charge in [-0.3, -0.25) is 0 Å². The van der Waals surface area contributed by atoms with Crippen LogP contribution in [-0.4, -0.2) is 42.7 Å². The average molecular weight is 331 g/mol. The Morgan fingerprint density at radius 3 is 2.79 bits per heavy atom. The molecule has 1 N–H and O–H groups in total. The lowest BCUT2D eigenvalue weighted by molar-refractivity contribution is -0.0135. The lowest BCUT2D eigenvalue weighted by Crippen LogP contribution is -2.44. The summed E-state index contributed by atoms with van der Waals surface area (Å²) in [6.07, 6.45) is 1.27. The number of halogens is 1. The number of nitrogens with one attached hydrogen (secondary N) is 1. The third-order valence-corrected chi connectivity index (χ3v) is 3.79. The number of nitrogens with zero attached hydrogens (tertiary/aromatic N) is 2. The number of ether oxygens (including phenoxy) is 2. The van der Waals surface area contributed by atoms with E-state index in [1.165, 1.54) is 25.4 Å². The Balaban J connectivity index is 1.63. The summed E-state index contributed by atoms with van der Waals surface area (Å²) in [5.74, 6) is 0.187. The van der Waals surface area contributed by atoms with Gasteiger partial charge in [-0.15, -0.1) is 0 Å². The molecule has 7 heteroatoms. The van der Waals surface area contributed by atoms with Crippen LogP contribution in [0.15, 0.2) is 42.6 Å². The van der Waals surface area contributed by atoms with Gasteiger partial charge in [0.1, 0.15) is 11.9 Å². The van der Waals surface area contributed by atoms with Gasteiger partial charge in [-0.1, -0.05) is 12.1 Å². The molecule has 0 bridgehead atoms. The molecule has 1 aliphatic heterocycles. The summed E-state index contributed by atoms with van der Waals surface area (Å²) in [6, 6.07) is 9.31. The van der Waals surface area contributed by atoms with E-state index in [1.807, 2.05) is 0 Å². The number of hydrogen-bond donors (Lipinski definition) is 1. The fraction of sp³-hybridized carbons (Fsp3) is 0.294. The highest BCUT2D eigenvalue weighted by Gasteiger charge is 2.25. The average Bonchev–Trinajstić information content (AvgIpc) is 2.63. The first-order chi connectivity index (χ1) is 11.7. The third kappa shape index (κ3) is 3.80. The van der Waals surface area contributed by atoms with Crippen LogP contribution >= 0.6 is 0 Å². The molecule has 6 nitrogen and oxygen atoms in total. The lowest BCUT2D eigenvalue weighted by Gasteiger charge is -2.33. The molecule has 1 aliphatic rings. The van der Waals surface area contributed by atoms with Crippen LogP contribution < -0.4 is 10.1 Å². The molecular weight excluding hydrogens is 313 g/mol. The standard InChI is InChI=1S/C17H18FN3O3/c1-23-16-7-6-14(10-19-16)20-17(22)21-8-9-24-15(11-21)12-2-4-13(18)5-3-12/h2-7,10,15H,8-9,11H2,1H3,(H,20,22)/t15-/m1/s1. The van der Waals surface area contributed by atoms with Crippen molar-refractivity contribution in [3.8, 4) is 5.88 Å². The van der Waals surface area contributed by atoms with Crippen LogP contribution in [-0.2, 0) is 4.74 Å². The van der Waals surface area contributed by atoms with Crippen LogP contribution in [0.2, 0.25) is 0 Å². The van der Waals surface area contributed by atoms with Gasteiger partial charge in [-0.05, 0) is 23.8 Å². The van der Waals surface area contributed by atoms with Crippen molar-refractivity contribution in [1.82, 2.24) is 9.88 Å². The van der Waals surface area contributed by atoms with E-state index in [2.05, 4.69) is 10.3 Å². The van der Waals surface area contributed by atoms with Gasteiger partial charge in [0.15, 0.2) is 0 Å². The first-order valence-corrected chi connectivity index (χ1v) is 7.59. The van der Waals surface area contributed by atoms with Crippen molar-refractivity contribution in [3.63, 3.8) is 0 Å². The molecule has 2 amide bonds. The maximum atomic E-state index is 13.0. The molecule has 1 atom stereocenters. The second-order valence-electron chi connectivity index (χ2n) is 5.38. The SMILES string of the molecule is COc1ccc(NC(=O)N2CCO[C@@H](c3ccc(F)cc3)C2)cn1. The molecule has 24 heavy (non-hydrogen) atoms. The number of carbonyl (C=O) groups excluding carboxylic acids is 1. The Labute approximate surface area is 139 Å². The molecule has 0 radical (unpaired) electrons. The van der Waals surface area contributed by atoms with Gasteiger partial charge in [0.05, 0.1) is 32.1 Å². The summed E-state index contributed by atoms with van der Waals surface area (Å²) in [5.41, 5.74) is 1.44. The fourth-order valence-corrected chi connectivity index (χ4v) is 2.49. The number of amides is 2. The molecule has 126 valence electrons. The predicted molar refractivity (Wildman–Crippen MR) is 86.5 cm³/mol. The molecule has 0 spiro atoms. The number of urea groups is 1. The van der Waals surface area contributed by atoms with Crippen molar-refractivity contribution in [3.05, 3.63) is 54.0 Å². The van der Waals surface area contributed by atoms with Crippen LogP contribution in [0, 0.1) is 5.82 Å². The first kappa shape index (κ1) is 16.2. The van der Waals surface area contributed by atoms with E-state index in [1.54, 1.807) is 29.2 Å². The Morgan fingerprint density at radius 1 is 1.33 bits per heavy atom. The van der Waals surface area contributed by atoms with Crippen molar-refractivity contribution in [1.29, 1.82) is 0 Å². The van der Waals surface area contributed by atoms with Gasteiger partial charge in [0, 0.05) is 12.6 Å². The highest BCUT2D eigenvalue weighted by atomic mass is 19.1. The molecule has 1 fully saturated rings. The van der Waals surface area contributed by atoms with Gasteiger partial charge >= 0.3 is 6.03 Å². The smallest absolute Gasteiger partial charge is 0.322 e. The summed E-state index contributed by atoms with van der Waals surface area (Å²) in [7, 11) is 1.53. The maximum Gasteiger partial charge on any atom is 0.322 e. The minimum Gasteiger partial charge on any atom is -0.481 e. The minimum absolute atomic E-state index is 0.225. The summed E-state index contributed by atoms with van der Waals surface area (Å²) >= 11 is 0. The minimum atomic E-state index is -0.295. The quantitative estimate of drug-likeness (QED) is 0.939. The van der Waals surface area contributed by atoms with E-state index in [4.69, 9.17) is 9.47 Å². The highest BCUT2D eigenvalue weighted by Crippen LogP contribution is 2.23. The second-order valence-corrected chi connectivity index (χ2v) is 5.38. The molecule has 0 aliphatic carbocycles. The van der Waals surface area contributed by atoms with Crippen molar-refractivity contribution in [2.45, 2.75) is 6.10 Å². The number of benzene rings is 1. The van der Waals surface area contributed by atoms with Gasteiger partial charge in [-0.2, -0.15) is 0 Å². The van der Waals surface area contributed by atoms with E-state index >= 15 is 0 Å². The zero-order chi connectivity index (χ0) is 16.9. The van der Waals surface area contributed by atoms with Gasteiger partial charge in [0.25, 0.3) is 0 Å². The Hall–Kier alpha value is -2.67. The number of aromatic nitrogens is 1. The molecular formula is C17H18FN3O3. The number of hydrogen-bond acceptors (Lipinski definition) is 4. The molecule has 1 aromatic heterocycles. The summed E-state index contributed by atoms with van der Waals surface area (Å²) in [6.45, 7) is 1.32. The normalized spacial score (nSPS) is 17.4. The number of methoxy groups -OCH3 is 1. The van der Waals surface area contributed by atoms with Crippen LogP contribution in [0.4, 0.5) is 14.9 Å². The molecule has 0 unspecified atom stereocenters. The number of rotatable bonds is 3. The maximum absolute atomic E-state index is 13.0. The van der Waals surface area contributed by atoms with Crippen LogP contribution in [0.1, 0.15) is 11.7 Å². The molecule has 3 rings (SSSR count). The van der Waals surface area contributed by atoms with Crippen LogP contribution in [0.3, 0.4) is 0 Å². The van der Waals surface area contributed by atoms with E-state index in [-0.39, 0.29) is 18.0 Å². The molecule has 2 aromatic rings. The molecule has 0 saturated carbocycles. The number of anilines is 1. The van der Waals surface area contributed by atoms with Crippen molar-refractivity contribution >= 4 is 11.7 Å². The van der Waals surface area contributed by atoms with Gasteiger partial charge in [0.2, 0.25) is 5.88 Å². The number of carbonyl (C=O) groups is 1. The van der Waals surface area contributed by atoms with Crippen molar-refractivity contribution in [2.75, 3.05) is 32.1 Å². The van der Waals surface area contributed by atoms with Crippen molar-refractivity contribution in [2.24, 2.45) is 0 Å². The van der Waals surface area contributed by atoms with E-state index in [0.717, 1.165) is 5.56 Å². The van der Waals surface area contributed by atoms with Crippen LogP contribution in [0.25, 0.3) is 0 Å². The number of morpholine rings is 1. The predicted octanol–water partition coefficient (Wildman–Crippen LogP) is 2.83. The zero-order valence-corrected chi connectivity index (χ0v) is 13.2. The van der Waals surface area contributed by atoms with Crippen LogP contribution in [0.5, 0.6) is 5.88 Å². The largest absolute Gasteiger partial charge is 0.481 e. The Kier molecular flexibility index (Phi) is 4.90. The lowest BCUT2D eigenvalue weighted by atomic mass is 10.1. The first-order valence-electron chi connectivity index (χ1n) is 7.59. The van der Waals surface area contributed by atoms with E-state index < -0.39 is 0 Å². The Bertz CT molecular complexity index is 691. The van der Waals surface area contributed by atoms with Crippen molar-refractivity contribution < 1.29 is 18.7 Å².